The van der Waals surface area contributed by atoms with E-state index in [0.717, 1.165) is 16.3 Å². The number of amides is 1. The van der Waals surface area contributed by atoms with Crippen LogP contribution in [0.5, 0.6) is 0 Å². The molecular formula is C21H25N5O3S2. The molecule has 1 aliphatic heterocycles. The minimum Gasteiger partial charge on any atom is -0.349 e. The molecule has 2 aromatic heterocycles. The molecule has 0 bridgehead atoms. The second-order valence-corrected chi connectivity index (χ2v) is 10.5. The second-order valence-electron chi connectivity index (χ2n) is 7.63. The van der Waals surface area contributed by atoms with Crippen molar-refractivity contribution in [2.24, 2.45) is 13.0 Å². The zero-order chi connectivity index (χ0) is 22.0. The van der Waals surface area contributed by atoms with E-state index in [1.54, 1.807) is 18.5 Å². The van der Waals surface area contributed by atoms with Gasteiger partial charge in [-0.05, 0) is 19.8 Å². The highest BCUT2D eigenvalue weighted by molar-refractivity contribution is 7.89. The molecular weight excluding hydrogens is 434 g/mol. The number of imidazole rings is 1. The molecule has 1 fully saturated rings. The molecule has 0 unspecified atom stereocenters. The number of piperidine rings is 1. The van der Waals surface area contributed by atoms with E-state index in [-0.39, 0.29) is 16.9 Å². The van der Waals surface area contributed by atoms with Gasteiger partial charge in [0.2, 0.25) is 5.91 Å². The van der Waals surface area contributed by atoms with Gasteiger partial charge in [0.25, 0.3) is 10.0 Å². The number of carbonyl (C=O) groups excluding carboxylic acids is 1. The van der Waals surface area contributed by atoms with Crippen molar-refractivity contribution in [1.82, 2.24) is 24.2 Å². The Labute approximate surface area is 186 Å². The summed E-state index contributed by atoms with van der Waals surface area (Å²) in [7, 11) is -1.86. The summed E-state index contributed by atoms with van der Waals surface area (Å²) in [5.74, 6) is 0.387. The molecule has 0 spiro atoms. The molecule has 0 aliphatic carbocycles. The number of aryl methyl sites for hydroxylation is 2. The number of rotatable bonds is 6. The van der Waals surface area contributed by atoms with Gasteiger partial charge in [-0.3, -0.25) is 4.79 Å². The van der Waals surface area contributed by atoms with Gasteiger partial charge in [-0.1, -0.05) is 30.3 Å². The Morgan fingerprint density at radius 2 is 1.90 bits per heavy atom. The maximum atomic E-state index is 12.8. The van der Waals surface area contributed by atoms with Crippen LogP contribution < -0.4 is 5.32 Å². The summed E-state index contributed by atoms with van der Waals surface area (Å²) >= 11 is 1.52. The molecule has 1 amide bonds. The van der Waals surface area contributed by atoms with E-state index in [2.05, 4.69) is 15.3 Å². The van der Waals surface area contributed by atoms with Crippen LogP contribution in [0.1, 0.15) is 23.7 Å². The van der Waals surface area contributed by atoms with Crippen LogP contribution in [0.2, 0.25) is 0 Å². The average Bonchev–Trinajstić information content (AvgIpc) is 3.40. The van der Waals surface area contributed by atoms with Gasteiger partial charge in [-0.2, -0.15) is 4.31 Å². The molecule has 0 atom stereocenters. The third kappa shape index (κ3) is 4.70. The Kier molecular flexibility index (Phi) is 6.22. The van der Waals surface area contributed by atoms with Gasteiger partial charge in [0.15, 0.2) is 5.03 Å². The first-order chi connectivity index (χ1) is 14.8. The number of aromatic nitrogens is 3. The number of nitrogens with one attached hydrogen (secondary N) is 1. The van der Waals surface area contributed by atoms with Crippen LogP contribution in [0.25, 0.3) is 11.3 Å². The topological polar surface area (TPSA) is 97.2 Å². The Morgan fingerprint density at radius 1 is 1.19 bits per heavy atom. The zero-order valence-electron chi connectivity index (χ0n) is 17.5. The van der Waals surface area contributed by atoms with E-state index in [0.29, 0.717) is 38.3 Å². The molecule has 0 radical (unpaired) electrons. The van der Waals surface area contributed by atoms with Crippen molar-refractivity contribution in [3.8, 4) is 11.3 Å². The normalized spacial score (nSPS) is 15.8. The third-order valence-corrected chi connectivity index (χ3v) is 8.17. The molecule has 31 heavy (non-hydrogen) atoms. The van der Waals surface area contributed by atoms with E-state index in [1.807, 2.05) is 35.7 Å². The molecule has 10 heteroatoms. The van der Waals surface area contributed by atoms with E-state index in [4.69, 9.17) is 0 Å². The molecule has 0 saturated carbocycles. The van der Waals surface area contributed by atoms with Gasteiger partial charge >= 0.3 is 0 Å². The lowest BCUT2D eigenvalue weighted by Crippen LogP contribution is -2.43. The largest absolute Gasteiger partial charge is 0.349 e. The number of carbonyl (C=O) groups is 1. The maximum Gasteiger partial charge on any atom is 0.262 e. The maximum absolute atomic E-state index is 12.8. The van der Waals surface area contributed by atoms with E-state index in [1.165, 1.54) is 21.8 Å². The van der Waals surface area contributed by atoms with Crippen molar-refractivity contribution in [3.63, 3.8) is 0 Å². The highest BCUT2D eigenvalue weighted by Crippen LogP contribution is 2.24. The summed E-state index contributed by atoms with van der Waals surface area (Å²) in [4.78, 5) is 21.3. The van der Waals surface area contributed by atoms with Crippen LogP contribution >= 0.6 is 11.3 Å². The fourth-order valence-electron chi connectivity index (χ4n) is 3.58. The Balaban J connectivity index is 1.30. The molecule has 8 nitrogen and oxygen atoms in total. The predicted octanol–water partition coefficient (Wildman–Crippen LogP) is 2.57. The summed E-state index contributed by atoms with van der Waals surface area (Å²) in [6.45, 7) is 2.76. The summed E-state index contributed by atoms with van der Waals surface area (Å²) in [5.41, 5.74) is 1.95. The van der Waals surface area contributed by atoms with Gasteiger partial charge in [0, 0.05) is 43.2 Å². The summed E-state index contributed by atoms with van der Waals surface area (Å²) < 4.78 is 28.7. The van der Waals surface area contributed by atoms with Gasteiger partial charge in [0.1, 0.15) is 10.8 Å². The Bertz CT molecular complexity index is 1140. The van der Waals surface area contributed by atoms with Gasteiger partial charge in [0.05, 0.1) is 12.2 Å². The standard InChI is InChI=1S/C21H25N5O3S2/c1-15-23-20(13-25(15)2)31(28,29)26-10-8-17(9-11-26)21(27)22-12-19-24-18(14-30-19)16-6-4-3-5-7-16/h3-7,13-14,17H,8-12H2,1-2H3,(H,22,27). The lowest BCUT2D eigenvalue weighted by Gasteiger charge is -2.29. The Morgan fingerprint density at radius 3 is 2.55 bits per heavy atom. The number of benzene rings is 1. The fraction of sp³-hybridized carbons (Fsp3) is 0.381. The highest BCUT2D eigenvalue weighted by Gasteiger charge is 2.33. The molecule has 1 saturated heterocycles. The van der Waals surface area contributed by atoms with Crippen LogP contribution in [0.3, 0.4) is 0 Å². The summed E-state index contributed by atoms with van der Waals surface area (Å²) in [6, 6.07) is 9.91. The van der Waals surface area contributed by atoms with Crippen LogP contribution in [0.15, 0.2) is 46.9 Å². The van der Waals surface area contributed by atoms with Crippen LogP contribution in [-0.2, 0) is 28.4 Å². The SMILES string of the molecule is Cc1nc(S(=O)(=O)N2CCC(C(=O)NCc3nc(-c4ccccc4)cs3)CC2)cn1C. The van der Waals surface area contributed by atoms with Crippen LogP contribution in [-0.4, -0.2) is 46.3 Å². The van der Waals surface area contributed by atoms with Crippen molar-refractivity contribution in [2.75, 3.05) is 13.1 Å². The fourth-order valence-corrected chi connectivity index (χ4v) is 5.82. The molecule has 3 aromatic rings. The van der Waals surface area contributed by atoms with Gasteiger partial charge < -0.3 is 9.88 Å². The van der Waals surface area contributed by atoms with E-state index in [9.17, 15) is 13.2 Å². The highest BCUT2D eigenvalue weighted by atomic mass is 32.2. The number of sulfonamides is 1. The summed E-state index contributed by atoms with van der Waals surface area (Å²) in [6.07, 6.45) is 2.51. The van der Waals surface area contributed by atoms with Crippen LogP contribution in [0.4, 0.5) is 0 Å². The van der Waals surface area contributed by atoms with Crippen molar-refractivity contribution in [2.45, 2.75) is 31.3 Å². The smallest absolute Gasteiger partial charge is 0.262 e. The molecule has 1 aromatic carbocycles. The van der Waals surface area contributed by atoms with E-state index >= 15 is 0 Å². The third-order valence-electron chi connectivity index (χ3n) is 5.55. The number of hydrogen-bond acceptors (Lipinski definition) is 6. The Hall–Kier alpha value is -2.56. The molecule has 1 N–H and O–H groups in total. The number of nitrogens with zero attached hydrogens (tertiary/aromatic N) is 4. The van der Waals surface area contributed by atoms with Crippen molar-refractivity contribution in [3.05, 3.63) is 52.7 Å². The minimum atomic E-state index is -3.63. The van der Waals surface area contributed by atoms with Crippen molar-refractivity contribution >= 4 is 27.3 Å². The van der Waals surface area contributed by atoms with Gasteiger partial charge in [-0.15, -0.1) is 11.3 Å². The number of hydrogen-bond donors (Lipinski definition) is 1. The predicted molar refractivity (Wildman–Crippen MR) is 119 cm³/mol. The average molecular weight is 460 g/mol. The molecule has 3 heterocycles. The van der Waals surface area contributed by atoms with Crippen LogP contribution in [0, 0.1) is 12.8 Å². The zero-order valence-corrected chi connectivity index (χ0v) is 19.1. The molecule has 4 rings (SSSR count). The monoisotopic (exact) mass is 459 g/mol. The lowest BCUT2D eigenvalue weighted by atomic mass is 9.97. The van der Waals surface area contributed by atoms with E-state index < -0.39 is 10.0 Å². The molecule has 1 aliphatic rings. The first kappa shape index (κ1) is 21.7. The quantitative estimate of drug-likeness (QED) is 0.611. The minimum absolute atomic E-state index is 0.0535. The first-order valence-corrected chi connectivity index (χ1v) is 12.4. The first-order valence-electron chi connectivity index (χ1n) is 10.1. The lowest BCUT2D eigenvalue weighted by molar-refractivity contribution is -0.126. The summed E-state index contributed by atoms with van der Waals surface area (Å²) in [5, 5.41) is 5.85. The molecule has 164 valence electrons. The van der Waals surface area contributed by atoms with Crippen molar-refractivity contribution < 1.29 is 13.2 Å². The number of thiazole rings is 1. The van der Waals surface area contributed by atoms with Crippen molar-refractivity contribution in [1.29, 1.82) is 0 Å². The van der Waals surface area contributed by atoms with Gasteiger partial charge in [-0.25, -0.2) is 18.4 Å². The second kappa shape index (κ2) is 8.89.